The van der Waals surface area contributed by atoms with Gasteiger partial charge in [0.2, 0.25) is 0 Å². The van der Waals surface area contributed by atoms with Crippen molar-refractivity contribution in [2.45, 2.75) is 25.5 Å². The highest BCUT2D eigenvalue weighted by molar-refractivity contribution is 6.08. The first-order chi connectivity index (χ1) is 12.8. The van der Waals surface area contributed by atoms with Crippen LogP contribution in [0.4, 0.5) is 9.18 Å². The fourth-order valence-corrected chi connectivity index (χ4v) is 2.68. The van der Waals surface area contributed by atoms with Crippen LogP contribution in [0.15, 0.2) is 54.6 Å². The van der Waals surface area contributed by atoms with Gasteiger partial charge in [-0.05, 0) is 43.7 Å². The van der Waals surface area contributed by atoms with E-state index in [1.807, 2.05) is 0 Å². The van der Waals surface area contributed by atoms with Gasteiger partial charge in [-0.3, -0.25) is 15.0 Å². The van der Waals surface area contributed by atoms with Gasteiger partial charge < -0.3 is 10.1 Å². The molecule has 2 aromatic carbocycles. The first-order valence-electron chi connectivity index (χ1n) is 8.26. The lowest BCUT2D eigenvalue weighted by Crippen LogP contribution is -2.51. The SMILES string of the molecule is C[C@@H](Oc1ccc(F)cc1)C(=O)NN1C(=O)N[C@](C)(c2ccccc2)C1=O. The van der Waals surface area contributed by atoms with Crippen molar-refractivity contribution >= 4 is 17.8 Å². The van der Waals surface area contributed by atoms with E-state index >= 15 is 0 Å². The zero-order valence-corrected chi connectivity index (χ0v) is 14.7. The Hall–Kier alpha value is -3.42. The molecule has 1 saturated heterocycles. The molecule has 0 spiro atoms. The van der Waals surface area contributed by atoms with E-state index in [-0.39, 0.29) is 5.75 Å². The normalized spacial score (nSPS) is 20.2. The Kier molecular flexibility index (Phi) is 4.81. The van der Waals surface area contributed by atoms with Gasteiger partial charge in [0.15, 0.2) is 6.10 Å². The lowest BCUT2D eigenvalue weighted by molar-refractivity contribution is -0.141. The van der Waals surface area contributed by atoms with Crippen molar-refractivity contribution in [1.29, 1.82) is 0 Å². The third kappa shape index (κ3) is 3.59. The van der Waals surface area contributed by atoms with Crippen LogP contribution in [-0.2, 0) is 15.1 Å². The van der Waals surface area contributed by atoms with E-state index in [0.29, 0.717) is 10.6 Å². The fourth-order valence-electron chi connectivity index (χ4n) is 2.68. The van der Waals surface area contributed by atoms with Gasteiger partial charge in [-0.25, -0.2) is 9.18 Å². The molecule has 1 heterocycles. The number of hydrazine groups is 1. The molecule has 4 amide bonds. The zero-order chi connectivity index (χ0) is 19.6. The molecule has 2 atom stereocenters. The first kappa shape index (κ1) is 18.4. The quantitative estimate of drug-likeness (QED) is 0.788. The number of urea groups is 1. The van der Waals surface area contributed by atoms with E-state index in [1.165, 1.54) is 31.2 Å². The standard InChI is InChI=1S/C19H18FN3O4/c1-12(27-15-10-8-14(20)9-11-15)16(24)22-23-17(25)19(2,21-18(23)26)13-6-4-3-5-7-13/h3-12H,1-2H3,(H,21,26)(H,22,24)/t12-,19-/m1/s1. The number of nitrogens with zero attached hydrogens (tertiary/aromatic N) is 1. The van der Waals surface area contributed by atoms with Crippen LogP contribution in [0.25, 0.3) is 0 Å². The molecule has 0 aromatic heterocycles. The summed E-state index contributed by atoms with van der Waals surface area (Å²) in [6.07, 6.45) is -1.01. The van der Waals surface area contributed by atoms with Crippen LogP contribution in [0.2, 0.25) is 0 Å². The first-order valence-corrected chi connectivity index (χ1v) is 8.26. The van der Waals surface area contributed by atoms with Crippen molar-refractivity contribution < 1.29 is 23.5 Å². The maximum atomic E-state index is 12.9. The molecule has 1 fully saturated rings. The Labute approximate surface area is 155 Å². The van der Waals surface area contributed by atoms with Gasteiger partial charge in [-0.1, -0.05) is 30.3 Å². The molecule has 3 rings (SSSR count). The number of halogens is 1. The summed E-state index contributed by atoms with van der Waals surface area (Å²) in [5.74, 6) is -1.45. The molecule has 0 bridgehead atoms. The van der Waals surface area contributed by atoms with E-state index in [1.54, 1.807) is 37.3 Å². The maximum Gasteiger partial charge on any atom is 0.344 e. The third-order valence-electron chi connectivity index (χ3n) is 4.26. The van der Waals surface area contributed by atoms with Crippen LogP contribution < -0.4 is 15.5 Å². The number of carbonyl (C=O) groups is 3. The number of hydrogen-bond donors (Lipinski definition) is 2. The predicted octanol–water partition coefficient (Wildman–Crippen LogP) is 2.09. The largest absolute Gasteiger partial charge is 0.481 e. The van der Waals surface area contributed by atoms with Gasteiger partial charge in [0.25, 0.3) is 11.8 Å². The highest BCUT2D eigenvalue weighted by atomic mass is 19.1. The molecule has 0 aliphatic carbocycles. The number of benzene rings is 2. The molecule has 2 N–H and O–H groups in total. The number of hydrogen-bond acceptors (Lipinski definition) is 4. The average molecular weight is 371 g/mol. The number of ether oxygens (including phenoxy) is 1. The molecular formula is C19H18FN3O4. The average Bonchev–Trinajstić information content (AvgIpc) is 2.88. The molecule has 2 aromatic rings. The van der Waals surface area contributed by atoms with E-state index in [0.717, 1.165) is 0 Å². The predicted molar refractivity (Wildman–Crippen MR) is 93.8 cm³/mol. The van der Waals surface area contributed by atoms with E-state index in [9.17, 15) is 18.8 Å². The van der Waals surface area contributed by atoms with Gasteiger partial charge in [-0.15, -0.1) is 0 Å². The summed E-state index contributed by atoms with van der Waals surface area (Å²) < 4.78 is 18.3. The molecule has 140 valence electrons. The van der Waals surface area contributed by atoms with Crippen LogP contribution in [0.5, 0.6) is 5.75 Å². The molecule has 0 radical (unpaired) electrons. The molecular weight excluding hydrogens is 353 g/mol. The van der Waals surface area contributed by atoms with Gasteiger partial charge in [0.05, 0.1) is 0 Å². The zero-order valence-electron chi connectivity index (χ0n) is 14.7. The summed E-state index contributed by atoms with van der Waals surface area (Å²) in [7, 11) is 0. The Morgan fingerprint density at radius 3 is 2.41 bits per heavy atom. The van der Waals surface area contributed by atoms with Crippen LogP contribution in [0.1, 0.15) is 19.4 Å². The number of nitrogens with one attached hydrogen (secondary N) is 2. The van der Waals surface area contributed by atoms with Gasteiger partial charge in [0.1, 0.15) is 17.1 Å². The van der Waals surface area contributed by atoms with E-state index in [2.05, 4.69) is 10.7 Å². The van der Waals surface area contributed by atoms with Crippen molar-refractivity contribution in [2.75, 3.05) is 0 Å². The Bertz CT molecular complexity index is 872. The Morgan fingerprint density at radius 1 is 1.15 bits per heavy atom. The van der Waals surface area contributed by atoms with Crippen LogP contribution >= 0.6 is 0 Å². The smallest absolute Gasteiger partial charge is 0.344 e. The number of rotatable bonds is 5. The number of imide groups is 1. The van der Waals surface area contributed by atoms with Crippen LogP contribution in [-0.4, -0.2) is 29.0 Å². The molecule has 1 aliphatic rings. The van der Waals surface area contributed by atoms with E-state index < -0.39 is 35.3 Å². The van der Waals surface area contributed by atoms with Crippen molar-refractivity contribution in [3.8, 4) is 5.75 Å². The Balaban J connectivity index is 1.69. The van der Waals surface area contributed by atoms with Crippen molar-refractivity contribution in [3.05, 3.63) is 66.0 Å². The van der Waals surface area contributed by atoms with Crippen LogP contribution in [0.3, 0.4) is 0 Å². The van der Waals surface area contributed by atoms with Crippen molar-refractivity contribution in [2.24, 2.45) is 0 Å². The summed E-state index contributed by atoms with van der Waals surface area (Å²) in [6.45, 7) is 3.01. The second-order valence-corrected chi connectivity index (χ2v) is 6.25. The van der Waals surface area contributed by atoms with Gasteiger partial charge in [-0.2, -0.15) is 5.01 Å². The van der Waals surface area contributed by atoms with Crippen LogP contribution in [0, 0.1) is 5.82 Å². The molecule has 0 saturated carbocycles. The summed E-state index contributed by atoms with van der Waals surface area (Å²) in [5, 5.41) is 3.23. The Morgan fingerprint density at radius 2 is 1.78 bits per heavy atom. The molecule has 8 heteroatoms. The molecule has 1 aliphatic heterocycles. The molecule has 27 heavy (non-hydrogen) atoms. The molecule has 0 unspecified atom stereocenters. The summed E-state index contributed by atoms with van der Waals surface area (Å²) >= 11 is 0. The lowest BCUT2D eigenvalue weighted by atomic mass is 9.92. The summed E-state index contributed by atoms with van der Waals surface area (Å²) in [4.78, 5) is 37.3. The highest BCUT2D eigenvalue weighted by Gasteiger charge is 2.50. The van der Waals surface area contributed by atoms with Crippen molar-refractivity contribution in [1.82, 2.24) is 15.8 Å². The number of amides is 4. The lowest BCUT2D eigenvalue weighted by Gasteiger charge is -2.22. The van der Waals surface area contributed by atoms with E-state index in [4.69, 9.17) is 4.74 Å². The minimum atomic E-state index is -1.29. The highest BCUT2D eigenvalue weighted by Crippen LogP contribution is 2.27. The van der Waals surface area contributed by atoms with Crippen molar-refractivity contribution in [3.63, 3.8) is 0 Å². The topological polar surface area (TPSA) is 87.7 Å². The summed E-state index contributed by atoms with van der Waals surface area (Å²) in [5.41, 5.74) is 1.58. The van der Waals surface area contributed by atoms with Gasteiger partial charge >= 0.3 is 6.03 Å². The second kappa shape index (κ2) is 7.06. The second-order valence-electron chi connectivity index (χ2n) is 6.25. The fraction of sp³-hybridized carbons (Fsp3) is 0.211. The monoisotopic (exact) mass is 371 g/mol. The number of carbonyl (C=O) groups excluding carboxylic acids is 3. The maximum absolute atomic E-state index is 12.9. The third-order valence-corrected chi connectivity index (χ3v) is 4.26. The molecule has 7 nitrogen and oxygen atoms in total. The van der Waals surface area contributed by atoms with Gasteiger partial charge in [0, 0.05) is 0 Å². The minimum absolute atomic E-state index is 0.283. The summed E-state index contributed by atoms with van der Waals surface area (Å²) in [6, 6.07) is 13.1. The minimum Gasteiger partial charge on any atom is -0.481 e.